The van der Waals surface area contributed by atoms with Gasteiger partial charge in [-0.25, -0.2) is 0 Å². The van der Waals surface area contributed by atoms with E-state index in [1.165, 1.54) is 25.3 Å². The molecule has 0 spiro atoms. The van der Waals surface area contributed by atoms with E-state index >= 15 is 0 Å². The summed E-state index contributed by atoms with van der Waals surface area (Å²) in [5.41, 5.74) is -2.12. The van der Waals surface area contributed by atoms with Gasteiger partial charge in [-0.05, 0) is 91.4 Å². The van der Waals surface area contributed by atoms with E-state index < -0.39 is 52.4 Å². The van der Waals surface area contributed by atoms with Crippen molar-refractivity contribution in [2.75, 3.05) is 0 Å². The van der Waals surface area contributed by atoms with Crippen molar-refractivity contribution in [2.24, 2.45) is 56.7 Å². The monoisotopic (exact) mass is 502 g/mol. The summed E-state index contributed by atoms with van der Waals surface area (Å²) >= 11 is 0. The molecule has 0 saturated heterocycles. The molecule has 6 unspecified atom stereocenters. The number of carbonyl (C=O) groups excluding carboxylic acids is 1. The molecule has 4 N–H and O–H groups in total. The van der Waals surface area contributed by atoms with Crippen LogP contribution in [0.4, 0.5) is 0 Å². The van der Waals surface area contributed by atoms with Crippen molar-refractivity contribution in [1.82, 2.24) is 0 Å². The van der Waals surface area contributed by atoms with E-state index in [1.807, 2.05) is 6.08 Å². The summed E-state index contributed by atoms with van der Waals surface area (Å²) < 4.78 is 0. The Morgan fingerprint density at radius 2 is 1.56 bits per heavy atom. The molecule has 13 atom stereocenters. The van der Waals surface area contributed by atoms with Crippen LogP contribution in [-0.2, 0) is 9.59 Å². The first-order valence-electron chi connectivity index (χ1n) is 14.1. The Bertz CT molecular complexity index is 1020. The molecule has 202 valence electrons. The van der Waals surface area contributed by atoms with Gasteiger partial charge in [0.25, 0.3) is 0 Å². The number of carbonyl (C=O) groups is 2. The molecule has 0 aromatic heterocycles. The predicted octanol–water partition coefficient (Wildman–Crippen LogP) is 4.21. The first-order valence-corrected chi connectivity index (χ1v) is 14.1. The molecule has 4 fully saturated rings. The third-order valence-corrected chi connectivity index (χ3v) is 13.4. The van der Waals surface area contributed by atoms with Crippen LogP contribution in [0.25, 0.3) is 0 Å². The zero-order chi connectivity index (χ0) is 26.8. The predicted molar refractivity (Wildman–Crippen MR) is 136 cm³/mol. The Labute approximate surface area is 215 Å². The summed E-state index contributed by atoms with van der Waals surface area (Å²) in [6.07, 6.45) is 2.85. The fourth-order valence-corrected chi connectivity index (χ4v) is 10.7. The molecule has 6 heteroatoms. The first kappa shape index (κ1) is 26.4. The number of aliphatic hydroxyl groups is 3. The quantitative estimate of drug-likeness (QED) is 0.427. The van der Waals surface area contributed by atoms with Crippen LogP contribution in [0.5, 0.6) is 0 Å². The average molecular weight is 503 g/mol. The van der Waals surface area contributed by atoms with Gasteiger partial charge in [-0.1, -0.05) is 47.1 Å². The third kappa shape index (κ3) is 2.79. The average Bonchev–Trinajstić information content (AvgIpc) is 2.80. The summed E-state index contributed by atoms with van der Waals surface area (Å²) in [5.74, 6) is -1.10. The molecule has 0 aromatic rings. The lowest BCUT2D eigenvalue weighted by molar-refractivity contribution is -0.274. The highest BCUT2D eigenvalue weighted by Gasteiger charge is 2.75. The van der Waals surface area contributed by atoms with Gasteiger partial charge in [0.15, 0.2) is 5.78 Å². The molecule has 0 bridgehead atoms. The minimum Gasteiger partial charge on any atom is -0.481 e. The van der Waals surface area contributed by atoms with Crippen molar-refractivity contribution in [3.05, 3.63) is 11.6 Å². The molecular formula is C30H46O6. The number of carboxylic acid groups (broad SMARTS) is 1. The summed E-state index contributed by atoms with van der Waals surface area (Å²) in [7, 11) is 0. The normalized spacial score (nSPS) is 58.6. The number of rotatable bonds is 1. The zero-order valence-electron chi connectivity index (χ0n) is 23.0. The molecule has 0 aliphatic heterocycles. The highest BCUT2D eigenvalue weighted by molar-refractivity contribution is 5.96. The van der Waals surface area contributed by atoms with E-state index in [1.54, 1.807) is 6.92 Å². The van der Waals surface area contributed by atoms with Gasteiger partial charge in [0.2, 0.25) is 0 Å². The van der Waals surface area contributed by atoms with Crippen LogP contribution in [0.3, 0.4) is 0 Å². The number of hydrogen-bond acceptors (Lipinski definition) is 5. The first-order chi connectivity index (χ1) is 16.5. The molecule has 4 saturated carbocycles. The van der Waals surface area contributed by atoms with Gasteiger partial charge in [-0.2, -0.15) is 0 Å². The molecular weight excluding hydrogens is 456 g/mol. The number of fused-ring (bicyclic) bond motifs is 7. The van der Waals surface area contributed by atoms with Gasteiger partial charge in [-0.15, -0.1) is 0 Å². The molecule has 5 aliphatic carbocycles. The summed E-state index contributed by atoms with van der Waals surface area (Å²) in [6.45, 7) is 14.9. The van der Waals surface area contributed by atoms with Gasteiger partial charge in [0, 0.05) is 11.3 Å². The number of allylic oxidation sites excluding steroid dienone is 2. The fourth-order valence-electron chi connectivity index (χ4n) is 10.7. The van der Waals surface area contributed by atoms with Crippen LogP contribution in [0, 0.1) is 56.7 Å². The molecule has 0 aromatic carbocycles. The maximum Gasteiger partial charge on any atom is 0.312 e. The minimum absolute atomic E-state index is 0.0396. The Balaban J connectivity index is 1.70. The second-order valence-corrected chi connectivity index (χ2v) is 14.6. The Kier molecular flexibility index (Phi) is 5.61. The zero-order valence-corrected chi connectivity index (χ0v) is 23.0. The topological polar surface area (TPSA) is 115 Å². The summed E-state index contributed by atoms with van der Waals surface area (Å²) in [5, 5.41) is 43.6. The lowest BCUT2D eigenvalue weighted by Crippen LogP contribution is -2.74. The van der Waals surface area contributed by atoms with Crippen LogP contribution in [-0.4, -0.2) is 50.5 Å². The minimum atomic E-state index is -1.65. The molecule has 0 amide bonds. The lowest BCUT2D eigenvalue weighted by atomic mass is 9.32. The Morgan fingerprint density at radius 3 is 2.17 bits per heavy atom. The smallest absolute Gasteiger partial charge is 0.312 e. The van der Waals surface area contributed by atoms with Crippen molar-refractivity contribution in [1.29, 1.82) is 0 Å². The van der Waals surface area contributed by atoms with Crippen LogP contribution < -0.4 is 0 Å². The fraction of sp³-hybridized carbons (Fsp3) is 0.867. The number of aliphatic carboxylic acids is 1. The molecule has 36 heavy (non-hydrogen) atoms. The largest absolute Gasteiger partial charge is 0.481 e. The lowest BCUT2D eigenvalue weighted by Gasteiger charge is -2.71. The van der Waals surface area contributed by atoms with E-state index in [-0.39, 0.29) is 16.6 Å². The van der Waals surface area contributed by atoms with Crippen LogP contribution in [0.2, 0.25) is 0 Å². The van der Waals surface area contributed by atoms with E-state index in [9.17, 15) is 30.0 Å². The van der Waals surface area contributed by atoms with Crippen LogP contribution in [0.15, 0.2) is 11.6 Å². The summed E-state index contributed by atoms with van der Waals surface area (Å²) in [6, 6.07) is 0. The van der Waals surface area contributed by atoms with E-state index in [0.717, 1.165) is 12.8 Å². The van der Waals surface area contributed by atoms with Gasteiger partial charge in [-0.3, -0.25) is 9.59 Å². The Hall–Kier alpha value is -1.24. The maximum atomic E-state index is 14.3. The highest BCUT2D eigenvalue weighted by Crippen LogP contribution is 2.75. The molecule has 5 aliphatic rings. The number of hydrogen-bond donors (Lipinski definition) is 4. The van der Waals surface area contributed by atoms with Crippen LogP contribution in [0.1, 0.15) is 87.0 Å². The van der Waals surface area contributed by atoms with E-state index in [4.69, 9.17) is 0 Å². The summed E-state index contributed by atoms with van der Waals surface area (Å²) in [4.78, 5) is 26.9. The maximum absolute atomic E-state index is 14.3. The Morgan fingerprint density at radius 1 is 0.917 bits per heavy atom. The number of carboxylic acids is 1. The van der Waals surface area contributed by atoms with Crippen molar-refractivity contribution in [3.63, 3.8) is 0 Å². The van der Waals surface area contributed by atoms with Crippen molar-refractivity contribution < 1.29 is 30.0 Å². The second-order valence-electron chi connectivity index (χ2n) is 14.6. The van der Waals surface area contributed by atoms with Crippen LogP contribution >= 0.6 is 0 Å². The van der Waals surface area contributed by atoms with Gasteiger partial charge < -0.3 is 20.4 Å². The van der Waals surface area contributed by atoms with Gasteiger partial charge >= 0.3 is 5.97 Å². The van der Waals surface area contributed by atoms with Crippen molar-refractivity contribution in [3.8, 4) is 0 Å². The van der Waals surface area contributed by atoms with Gasteiger partial charge in [0.1, 0.15) is 6.10 Å². The SMILES string of the molecule is C[C@@H]1CC[C@]2(C)CC[C@]3(C)C(=CC(=O)C4[C@@]5(C)C(O)C(O)C(O)[C@](C)(C(=O)O)C5CC[C@]43C)C2[C@H]1C. The highest BCUT2D eigenvalue weighted by atomic mass is 16.4. The second kappa shape index (κ2) is 7.66. The molecule has 0 radical (unpaired) electrons. The molecule has 0 heterocycles. The molecule has 6 nitrogen and oxygen atoms in total. The van der Waals surface area contributed by atoms with E-state index in [2.05, 4.69) is 34.6 Å². The van der Waals surface area contributed by atoms with E-state index in [0.29, 0.717) is 30.6 Å². The van der Waals surface area contributed by atoms with Crippen molar-refractivity contribution >= 4 is 11.8 Å². The van der Waals surface area contributed by atoms with Crippen molar-refractivity contribution in [2.45, 2.75) is 105 Å². The standard InChI is InChI=1S/C30H46O6/c1-15-8-10-26(3)12-13-27(4)17(20(26)16(15)2)14-18(31)22-28(27,5)11-9-19-29(22,6)23(33)21(32)24(34)30(19,7)25(35)36/h14-16,19-24,32-34H,8-13H2,1-7H3,(H,35,36)/t15-,16+,19?,20?,21?,22?,23?,24?,26-,27-,28-,29+,30-/m1/s1. The van der Waals surface area contributed by atoms with Gasteiger partial charge in [0.05, 0.1) is 17.6 Å². The third-order valence-electron chi connectivity index (χ3n) is 13.4. The number of aliphatic hydroxyl groups excluding tert-OH is 3. The molecule has 5 rings (SSSR count). The number of ketones is 1.